The highest BCUT2D eigenvalue weighted by Gasteiger charge is 2.30. The monoisotopic (exact) mass is 562 g/mol. The van der Waals surface area contributed by atoms with Gasteiger partial charge in [0.15, 0.2) is 18.1 Å². The van der Waals surface area contributed by atoms with Crippen LogP contribution in [0.5, 0.6) is 11.5 Å². The standard InChI is InChI=1S/C26H22ClF3N4O5/c1-2-38-22-12-16(14-31-34-25(37)24(36)33-20-9-4-3-8-19(20)27)10-11-21(22)39-15-23(35)32-18-7-5-6-17(13-18)26(28,29)30/h3-14H,2,15H2,1H3,(H,32,35)(H,33,36)(H,34,37). The summed E-state index contributed by atoms with van der Waals surface area (Å²) in [5.41, 5.74) is 1.90. The molecule has 13 heteroatoms. The van der Waals surface area contributed by atoms with Gasteiger partial charge >= 0.3 is 18.0 Å². The van der Waals surface area contributed by atoms with Gasteiger partial charge in [-0.05, 0) is 61.0 Å². The predicted molar refractivity (Wildman–Crippen MR) is 139 cm³/mol. The van der Waals surface area contributed by atoms with Gasteiger partial charge in [-0.15, -0.1) is 0 Å². The Kier molecular flexibility index (Phi) is 9.87. The van der Waals surface area contributed by atoms with Gasteiger partial charge < -0.3 is 20.1 Å². The van der Waals surface area contributed by atoms with Crippen LogP contribution in [0.15, 0.2) is 71.8 Å². The van der Waals surface area contributed by atoms with Crippen molar-refractivity contribution >= 4 is 46.9 Å². The number of carbonyl (C=O) groups excluding carboxylic acids is 3. The molecule has 3 N–H and O–H groups in total. The highest BCUT2D eigenvalue weighted by molar-refractivity contribution is 6.41. The van der Waals surface area contributed by atoms with Crippen LogP contribution in [0.3, 0.4) is 0 Å². The second kappa shape index (κ2) is 13.3. The number of rotatable bonds is 9. The third kappa shape index (κ3) is 8.75. The summed E-state index contributed by atoms with van der Waals surface area (Å²) >= 11 is 5.95. The van der Waals surface area contributed by atoms with Crippen LogP contribution in [-0.4, -0.2) is 37.1 Å². The van der Waals surface area contributed by atoms with E-state index in [0.29, 0.717) is 5.56 Å². The number of para-hydroxylation sites is 1. The minimum absolute atomic E-state index is 0.0300. The molecule has 0 saturated heterocycles. The first-order chi connectivity index (χ1) is 18.6. The van der Waals surface area contributed by atoms with Gasteiger partial charge in [-0.3, -0.25) is 14.4 Å². The average molecular weight is 563 g/mol. The number of nitrogens with one attached hydrogen (secondary N) is 3. The lowest BCUT2D eigenvalue weighted by molar-refractivity contribution is -0.137. The van der Waals surface area contributed by atoms with E-state index in [4.69, 9.17) is 21.1 Å². The number of halogens is 4. The molecule has 0 aliphatic rings. The molecule has 0 heterocycles. The third-order valence-corrected chi connectivity index (χ3v) is 5.14. The minimum Gasteiger partial charge on any atom is -0.490 e. The van der Waals surface area contributed by atoms with Crippen LogP contribution in [0.25, 0.3) is 0 Å². The van der Waals surface area contributed by atoms with E-state index in [-0.39, 0.29) is 34.5 Å². The van der Waals surface area contributed by atoms with E-state index >= 15 is 0 Å². The predicted octanol–water partition coefficient (Wildman–Crippen LogP) is 4.86. The Labute approximate surface area is 225 Å². The van der Waals surface area contributed by atoms with E-state index in [1.807, 2.05) is 0 Å². The molecule has 0 spiro atoms. The maximum Gasteiger partial charge on any atom is 0.416 e. The highest BCUT2D eigenvalue weighted by Crippen LogP contribution is 2.31. The zero-order valence-corrected chi connectivity index (χ0v) is 21.1. The summed E-state index contributed by atoms with van der Waals surface area (Å²) in [6.07, 6.45) is -3.28. The second-order valence-electron chi connectivity index (χ2n) is 7.69. The highest BCUT2D eigenvalue weighted by atomic mass is 35.5. The molecule has 39 heavy (non-hydrogen) atoms. The number of anilines is 2. The molecule has 0 aliphatic carbocycles. The van der Waals surface area contributed by atoms with Crippen molar-refractivity contribution in [3.8, 4) is 11.5 Å². The fourth-order valence-electron chi connectivity index (χ4n) is 3.06. The lowest BCUT2D eigenvalue weighted by Gasteiger charge is -2.13. The molecule has 0 aromatic heterocycles. The lowest BCUT2D eigenvalue weighted by atomic mass is 10.2. The van der Waals surface area contributed by atoms with Gasteiger partial charge in [0.25, 0.3) is 5.91 Å². The summed E-state index contributed by atoms with van der Waals surface area (Å²) in [5, 5.41) is 8.72. The topological polar surface area (TPSA) is 118 Å². The number of amides is 3. The normalized spacial score (nSPS) is 11.1. The Balaban J connectivity index is 1.57. The molecular weight excluding hydrogens is 541 g/mol. The molecule has 3 amide bonds. The van der Waals surface area contributed by atoms with E-state index in [1.165, 1.54) is 36.5 Å². The van der Waals surface area contributed by atoms with Crippen LogP contribution in [-0.2, 0) is 20.6 Å². The molecule has 0 fully saturated rings. The summed E-state index contributed by atoms with van der Waals surface area (Å²) in [5.74, 6) is -2.24. The van der Waals surface area contributed by atoms with Crippen molar-refractivity contribution in [1.29, 1.82) is 0 Å². The van der Waals surface area contributed by atoms with E-state index < -0.39 is 36.1 Å². The Morgan fingerprint density at radius 3 is 2.41 bits per heavy atom. The molecule has 0 saturated carbocycles. The van der Waals surface area contributed by atoms with Gasteiger partial charge in [0, 0.05) is 5.69 Å². The molecule has 3 aromatic carbocycles. The SMILES string of the molecule is CCOc1cc(C=NNC(=O)C(=O)Nc2ccccc2Cl)ccc1OCC(=O)Nc1cccc(C(F)(F)F)c1. The van der Waals surface area contributed by atoms with Crippen LogP contribution in [0.4, 0.5) is 24.5 Å². The van der Waals surface area contributed by atoms with Crippen molar-refractivity contribution in [1.82, 2.24) is 5.43 Å². The third-order valence-electron chi connectivity index (χ3n) is 4.81. The molecular formula is C26H22ClF3N4O5. The minimum atomic E-state index is -4.54. The molecule has 0 aliphatic heterocycles. The smallest absolute Gasteiger partial charge is 0.416 e. The first kappa shape index (κ1) is 29.0. The first-order valence-corrected chi connectivity index (χ1v) is 11.7. The van der Waals surface area contributed by atoms with Crippen LogP contribution in [0.2, 0.25) is 5.02 Å². The van der Waals surface area contributed by atoms with Crippen LogP contribution in [0, 0.1) is 0 Å². The number of carbonyl (C=O) groups is 3. The van der Waals surface area contributed by atoms with E-state index in [9.17, 15) is 27.6 Å². The van der Waals surface area contributed by atoms with Gasteiger partial charge in [0.1, 0.15) is 0 Å². The first-order valence-electron chi connectivity index (χ1n) is 11.3. The van der Waals surface area contributed by atoms with Gasteiger partial charge in [0.05, 0.1) is 29.1 Å². The second-order valence-corrected chi connectivity index (χ2v) is 8.09. The van der Waals surface area contributed by atoms with Crippen molar-refractivity contribution in [3.05, 3.63) is 82.9 Å². The largest absolute Gasteiger partial charge is 0.490 e. The van der Waals surface area contributed by atoms with Crippen molar-refractivity contribution < 1.29 is 37.0 Å². The van der Waals surface area contributed by atoms with Gasteiger partial charge in [-0.2, -0.15) is 18.3 Å². The lowest BCUT2D eigenvalue weighted by Crippen LogP contribution is -2.32. The molecule has 0 atom stereocenters. The summed E-state index contributed by atoms with van der Waals surface area (Å²) in [4.78, 5) is 36.2. The summed E-state index contributed by atoms with van der Waals surface area (Å²) in [7, 11) is 0. The molecule has 3 aromatic rings. The molecule has 9 nitrogen and oxygen atoms in total. The van der Waals surface area contributed by atoms with Crippen LogP contribution in [0.1, 0.15) is 18.1 Å². The zero-order chi connectivity index (χ0) is 28.4. The number of hydrazone groups is 1. The average Bonchev–Trinajstić information content (AvgIpc) is 2.89. The van der Waals surface area contributed by atoms with E-state index in [0.717, 1.165) is 12.1 Å². The zero-order valence-electron chi connectivity index (χ0n) is 20.3. The maximum atomic E-state index is 12.9. The van der Waals surface area contributed by atoms with Crippen LogP contribution < -0.4 is 25.5 Å². The molecule has 204 valence electrons. The van der Waals surface area contributed by atoms with Gasteiger partial charge in [0.2, 0.25) is 0 Å². The summed E-state index contributed by atoms with van der Waals surface area (Å²) < 4.78 is 49.6. The van der Waals surface area contributed by atoms with Gasteiger partial charge in [-0.1, -0.05) is 29.8 Å². The Morgan fingerprint density at radius 1 is 0.923 bits per heavy atom. The van der Waals surface area contributed by atoms with Crippen molar-refractivity contribution in [2.75, 3.05) is 23.8 Å². The van der Waals surface area contributed by atoms with Crippen molar-refractivity contribution in [2.24, 2.45) is 5.10 Å². The molecule has 0 radical (unpaired) electrons. The Hall–Kier alpha value is -4.58. The number of hydrogen-bond donors (Lipinski definition) is 3. The van der Waals surface area contributed by atoms with Crippen molar-refractivity contribution in [3.63, 3.8) is 0 Å². The number of benzene rings is 3. The van der Waals surface area contributed by atoms with E-state index in [1.54, 1.807) is 31.2 Å². The number of nitrogens with zero attached hydrogens (tertiary/aromatic N) is 1. The molecule has 0 unspecified atom stereocenters. The number of alkyl halides is 3. The number of ether oxygens (including phenoxy) is 2. The Bertz CT molecular complexity index is 1380. The van der Waals surface area contributed by atoms with Crippen LogP contribution >= 0.6 is 11.6 Å². The van der Waals surface area contributed by atoms with Crippen molar-refractivity contribution in [2.45, 2.75) is 13.1 Å². The molecule has 3 rings (SSSR count). The fraction of sp³-hybridized carbons (Fsp3) is 0.154. The summed E-state index contributed by atoms with van der Waals surface area (Å²) in [6, 6.07) is 15.2. The quantitative estimate of drug-likeness (QED) is 0.195. The summed E-state index contributed by atoms with van der Waals surface area (Å²) in [6.45, 7) is 1.48. The van der Waals surface area contributed by atoms with Gasteiger partial charge in [-0.25, -0.2) is 5.43 Å². The molecule has 0 bridgehead atoms. The maximum absolute atomic E-state index is 12.9. The number of hydrogen-bond acceptors (Lipinski definition) is 6. The Morgan fingerprint density at radius 2 is 1.69 bits per heavy atom. The fourth-order valence-corrected chi connectivity index (χ4v) is 3.25. The van der Waals surface area contributed by atoms with E-state index in [2.05, 4.69) is 21.2 Å².